The minimum absolute atomic E-state index is 0.181. The van der Waals surface area contributed by atoms with E-state index in [9.17, 15) is 9.90 Å². The molecule has 1 aromatic heterocycles. The van der Waals surface area contributed by atoms with Crippen molar-refractivity contribution in [1.29, 1.82) is 0 Å². The number of hydrogen-bond donors (Lipinski definition) is 2. The van der Waals surface area contributed by atoms with E-state index in [1.165, 1.54) is 12.1 Å². The third-order valence-corrected chi connectivity index (χ3v) is 2.99. The van der Waals surface area contributed by atoms with Crippen molar-refractivity contribution < 1.29 is 9.90 Å². The van der Waals surface area contributed by atoms with Crippen molar-refractivity contribution in [2.75, 3.05) is 6.54 Å². The highest BCUT2D eigenvalue weighted by molar-refractivity contribution is 6.33. The van der Waals surface area contributed by atoms with Crippen molar-refractivity contribution in [1.82, 2.24) is 10.3 Å². The predicted molar refractivity (Wildman–Crippen MR) is 76.7 cm³/mol. The van der Waals surface area contributed by atoms with E-state index >= 15 is 0 Å². The van der Waals surface area contributed by atoms with Gasteiger partial charge in [0, 0.05) is 12.1 Å². The third kappa shape index (κ3) is 5.76. The maximum absolute atomic E-state index is 12.0. The minimum atomic E-state index is -0.406. The van der Waals surface area contributed by atoms with Gasteiger partial charge in [-0.2, -0.15) is 0 Å². The number of rotatable bonds is 5. The molecule has 1 heterocycles. The quantitative estimate of drug-likeness (QED) is 0.822. The smallest absolute Gasteiger partial charge is 0.251 e. The van der Waals surface area contributed by atoms with Crippen LogP contribution in [0.2, 0.25) is 10.3 Å². The topological polar surface area (TPSA) is 62.2 Å². The summed E-state index contributed by atoms with van der Waals surface area (Å²) in [4.78, 5) is 15.7. The Labute approximate surface area is 123 Å². The Morgan fingerprint density at radius 2 is 1.95 bits per heavy atom. The average Bonchev–Trinajstić information content (AvgIpc) is 2.22. The van der Waals surface area contributed by atoms with Crippen LogP contribution in [0.25, 0.3) is 0 Å². The lowest BCUT2D eigenvalue weighted by molar-refractivity contribution is 0.0902. The van der Waals surface area contributed by atoms with Gasteiger partial charge in [-0.05, 0) is 30.9 Å². The molecular formula is C13H18Cl2N2O2. The van der Waals surface area contributed by atoms with Gasteiger partial charge in [0.25, 0.3) is 5.91 Å². The number of halogens is 2. The van der Waals surface area contributed by atoms with Crippen LogP contribution in [-0.4, -0.2) is 28.6 Å². The van der Waals surface area contributed by atoms with Crippen molar-refractivity contribution >= 4 is 29.1 Å². The highest BCUT2D eigenvalue weighted by Gasteiger charge is 2.21. The van der Waals surface area contributed by atoms with Crippen molar-refractivity contribution in [3.8, 4) is 0 Å². The van der Waals surface area contributed by atoms with Gasteiger partial charge in [0.15, 0.2) is 0 Å². The number of aliphatic hydroxyl groups is 1. The van der Waals surface area contributed by atoms with Gasteiger partial charge in [0.1, 0.15) is 10.3 Å². The first-order chi connectivity index (χ1) is 8.69. The number of amides is 1. The molecule has 1 amide bonds. The van der Waals surface area contributed by atoms with E-state index in [0.29, 0.717) is 18.5 Å². The fourth-order valence-corrected chi connectivity index (χ4v) is 2.35. The summed E-state index contributed by atoms with van der Waals surface area (Å²) in [6.45, 7) is 6.14. The zero-order chi connectivity index (χ0) is 14.6. The molecule has 1 atom stereocenters. The van der Waals surface area contributed by atoms with E-state index in [1.807, 2.05) is 13.8 Å². The van der Waals surface area contributed by atoms with Crippen LogP contribution in [0.1, 0.15) is 37.6 Å². The molecule has 106 valence electrons. The largest absolute Gasteiger partial charge is 0.393 e. The number of aromatic nitrogens is 1. The number of hydrogen-bond acceptors (Lipinski definition) is 3. The Morgan fingerprint density at radius 3 is 2.42 bits per heavy atom. The molecule has 0 aliphatic carbocycles. The maximum Gasteiger partial charge on any atom is 0.251 e. The summed E-state index contributed by atoms with van der Waals surface area (Å²) in [5.41, 5.74) is 0.183. The zero-order valence-electron chi connectivity index (χ0n) is 11.2. The van der Waals surface area contributed by atoms with Crippen molar-refractivity contribution in [3.63, 3.8) is 0 Å². The number of carbonyl (C=O) groups excluding carboxylic acids is 1. The Balaban J connectivity index is 2.65. The van der Waals surface area contributed by atoms with Crippen molar-refractivity contribution in [2.45, 2.75) is 33.3 Å². The summed E-state index contributed by atoms with van der Waals surface area (Å²) in [5, 5.41) is 12.6. The highest BCUT2D eigenvalue weighted by Crippen LogP contribution is 2.21. The fraction of sp³-hybridized carbons (Fsp3) is 0.538. The van der Waals surface area contributed by atoms with Crippen LogP contribution in [-0.2, 0) is 0 Å². The summed E-state index contributed by atoms with van der Waals surface area (Å²) in [5.74, 6) is -0.259. The molecule has 0 radical (unpaired) electrons. The molecule has 0 saturated carbocycles. The molecule has 1 aromatic rings. The van der Waals surface area contributed by atoms with Crippen LogP contribution in [0.15, 0.2) is 12.1 Å². The zero-order valence-corrected chi connectivity index (χ0v) is 12.7. The molecule has 0 spiro atoms. The maximum atomic E-state index is 12.0. The van der Waals surface area contributed by atoms with Crippen LogP contribution >= 0.6 is 23.2 Å². The summed E-state index contributed by atoms with van der Waals surface area (Å²) in [7, 11) is 0. The second-order valence-corrected chi connectivity index (χ2v) is 6.18. The number of nitrogens with zero attached hydrogens (tertiary/aromatic N) is 1. The Hall–Kier alpha value is -0.840. The second kappa shape index (κ2) is 6.55. The number of carbonyl (C=O) groups is 1. The minimum Gasteiger partial charge on any atom is -0.393 e. The third-order valence-electron chi connectivity index (χ3n) is 2.60. The second-order valence-electron chi connectivity index (χ2n) is 5.40. The van der Waals surface area contributed by atoms with E-state index in [-0.39, 0.29) is 21.6 Å². The number of aliphatic hydroxyl groups excluding tert-OH is 1. The van der Waals surface area contributed by atoms with Gasteiger partial charge in [-0.1, -0.05) is 37.0 Å². The van der Waals surface area contributed by atoms with E-state index in [0.717, 1.165) is 0 Å². The Kier molecular flexibility index (Phi) is 5.59. The van der Waals surface area contributed by atoms with Crippen LogP contribution < -0.4 is 5.32 Å². The van der Waals surface area contributed by atoms with E-state index in [1.54, 1.807) is 6.92 Å². The van der Waals surface area contributed by atoms with Crippen LogP contribution in [0.3, 0.4) is 0 Å². The molecule has 0 fully saturated rings. The molecule has 4 nitrogen and oxygen atoms in total. The van der Waals surface area contributed by atoms with Crippen LogP contribution in [0.5, 0.6) is 0 Å². The van der Waals surface area contributed by atoms with Gasteiger partial charge in [-0.25, -0.2) is 4.98 Å². The number of pyridine rings is 1. The van der Waals surface area contributed by atoms with Gasteiger partial charge in [-0.3, -0.25) is 4.79 Å². The highest BCUT2D eigenvalue weighted by atomic mass is 35.5. The molecule has 0 saturated heterocycles. The van der Waals surface area contributed by atoms with E-state index < -0.39 is 6.10 Å². The summed E-state index contributed by atoms with van der Waals surface area (Å²) in [6, 6.07) is 2.93. The lowest BCUT2D eigenvalue weighted by Gasteiger charge is -2.26. The van der Waals surface area contributed by atoms with Crippen molar-refractivity contribution in [3.05, 3.63) is 28.0 Å². The van der Waals surface area contributed by atoms with Crippen molar-refractivity contribution in [2.24, 2.45) is 5.41 Å². The SMILES string of the molecule is CC(O)CC(C)(C)CNC(=O)c1cc(Cl)nc(Cl)c1. The molecule has 0 aromatic carbocycles. The van der Waals surface area contributed by atoms with E-state index in [4.69, 9.17) is 23.2 Å². The summed E-state index contributed by atoms with van der Waals surface area (Å²) < 4.78 is 0. The van der Waals surface area contributed by atoms with E-state index in [2.05, 4.69) is 10.3 Å². The molecule has 19 heavy (non-hydrogen) atoms. The molecule has 1 unspecified atom stereocenters. The Morgan fingerprint density at radius 1 is 1.42 bits per heavy atom. The number of nitrogens with one attached hydrogen (secondary N) is 1. The molecule has 0 bridgehead atoms. The first kappa shape index (κ1) is 16.2. The molecule has 2 N–H and O–H groups in total. The van der Waals surface area contributed by atoms with Crippen LogP contribution in [0, 0.1) is 5.41 Å². The van der Waals surface area contributed by atoms with Crippen LogP contribution in [0.4, 0.5) is 0 Å². The van der Waals surface area contributed by atoms with Gasteiger partial charge >= 0.3 is 0 Å². The van der Waals surface area contributed by atoms with Gasteiger partial charge in [0.2, 0.25) is 0 Å². The van der Waals surface area contributed by atoms with Gasteiger partial charge in [0.05, 0.1) is 6.10 Å². The lowest BCUT2D eigenvalue weighted by atomic mass is 9.87. The molecule has 6 heteroatoms. The fourth-order valence-electron chi connectivity index (χ4n) is 1.89. The first-order valence-electron chi connectivity index (χ1n) is 5.99. The Bertz CT molecular complexity index is 442. The average molecular weight is 305 g/mol. The summed E-state index contributed by atoms with van der Waals surface area (Å²) in [6.07, 6.45) is 0.197. The molecule has 0 aliphatic heterocycles. The predicted octanol–water partition coefficient (Wildman–Crippen LogP) is 2.92. The normalized spacial score (nSPS) is 13.2. The first-order valence-corrected chi connectivity index (χ1v) is 6.74. The van der Waals surface area contributed by atoms with Gasteiger partial charge in [-0.15, -0.1) is 0 Å². The lowest BCUT2D eigenvalue weighted by Crippen LogP contribution is -2.35. The monoisotopic (exact) mass is 304 g/mol. The standard InChI is InChI=1S/C13H18Cl2N2O2/c1-8(18)6-13(2,3)7-16-12(19)9-4-10(14)17-11(15)5-9/h4-5,8,18H,6-7H2,1-3H3,(H,16,19). The molecule has 1 rings (SSSR count). The molecular weight excluding hydrogens is 287 g/mol. The summed E-state index contributed by atoms with van der Waals surface area (Å²) >= 11 is 11.5. The molecule has 0 aliphatic rings. The van der Waals surface area contributed by atoms with Gasteiger partial charge < -0.3 is 10.4 Å².